The van der Waals surface area contributed by atoms with Gasteiger partial charge in [-0.2, -0.15) is 11.8 Å². The van der Waals surface area contributed by atoms with Crippen molar-refractivity contribution in [1.29, 1.82) is 0 Å². The molecule has 0 aromatic rings. The molecule has 30 nitrogen and oxygen atoms in total. The highest BCUT2D eigenvalue weighted by atomic mass is 32.2. The van der Waals surface area contributed by atoms with Crippen LogP contribution < -0.4 is 31.1 Å². The SMILES string of the molecule is CCCCCCCCCCCCCCCCCC(=O)OC[C@H](COP(=O)([O-])OCCNC(=O)C(C)NC(=O)CCN1C(=O)C=CC1=O)OC(=O)CCCCCCCCCCCCCCCCC.CCCCCCCCCCCCCCCCCC(=O)OC[C@H](COP(=O)([O-])OCCNC(=O)C(C)NC(=O)CCN1C(=O)CC(SC)C1=O)OC(=O)CCCCCCCCCCCCCCCCC. The van der Waals surface area contributed by atoms with E-state index < -0.39 is 131 Å². The van der Waals surface area contributed by atoms with E-state index in [0.29, 0.717) is 25.7 Å². The molecule has 33 heteroatoms. The van der Waals surface area contributed by atoms with Gasteiger partial charge in [-0.3, -0.25) is 76.5 Å². The monoisotopic (exact) mass is 1990 g/mol. The molecule has 0 saturated carbocycles. The average Bonchev–Trinajstić information content (AvgIpc) is 1.69. The van der Waals surface area contributed by atoms with Gasteiger partial charge in [0.1, 0.15) is 25.3 Å². The molecular weight excluding hydrogens is 1800 g/mol. The van der Waals surface area contributed by atoms with Crippen LogP contribution in [0.4, 0.5) is 0 Å². The number of phosphoric ester groups is 2. The normalized spacial score (nSPS) is 14.9. The van der Waals surface area contributed by atoms with Crippen LogP contribution in [0.25, 0.3) is 0 Å². The summed E-state index contributed by atoms with van der Waals surface area (Å²) in [4.78, 5) is 176. The molecule has 2 aliphatic rings. The minimum atomic E-state index is -4.94. The van der Waals surface area contributed by atoms with E-state index in [1.54, 1.807) is 6.26 Å². The average molecular weight is 1990 g/mol. The highest BCUT2D eigenvalue weighted by Crippen LogP contribution is 2.39. The second-order valence-corrected chi connectivity index (χ2v) is 41.0. The lowest BCUT2D eigenvalue weighted by atomic mass is 10.0. The lowest BCUT2D eigenvalue weighted by Gasteiger charge is -2.26. The van der Waals surface area contributed by atoms with Crippen molar-refractivity contribution in [3.05, 3.63) is 12.2 Å². The molecule has 0 bridgehead atoms. The Kier molecular flexibility index (Phi) is 83.3. The van der Waals surface area contributed by atoms with Gasteiger partial charge in [0.25, 0.3) is 27.5 Å². The van der Waals surface area contributed by atoms with Gasteiger partial charge in [-0.1, -0.05) is 387 Å². The Bertz CT molecular complexity index is 3270. The van der Waals surface area contributed by atoms with Crippen LogP contribution in [0.3, 0.4) is 0 Å². The summed E-state index contributed by atoms with van der Waals surface area (Å²) in [6, 6.07) is -2.00. The molecule has 2 heterocycles. The Balaban J connectivity index is 0.00000136. The number of carbonyl (C=O) groups is 12. The Morgan fingerprint density at radius 1 is 0.353 bits per heavy atom. The number of hydrogen-bond donors (Lipinski definition) is 4. The van der Waals surface area contributed by atoms with Crippen LogP contribution in [0.5, 0.6) is 0 Å². The van der Waals surface area contributed by atoms with Crippen molar-refractivity contribution >= 4 is 98.5 Å². The second kappa shape index (κ2) is 88.3. The van der Waals surface area contributed by atoms with Crippen LogP contribution in [-0.2, 0) is 104 Å². The maximum absolute atomic E-state index is 12.8. The highest BCUT2D eigenvalue weighted by molar-refractivity contribution is 8.00. The van der Waals surface area contributed by atoms with Gasteiger partial charge < -0.3 is 68.1 Å². The number of hydrogen-bond acceptors (Lipinski definition) is 25. The number of esters is 4. The van der Waals surface area contributed by atoms with Gasteiger partial charge in [0.15, 0.2) is 12.2 Å². The van der Waals surface area contributed by atoms with Gasteiger partial charge in [0, 0.05) is 83.3 Å². The summed E-state index contributed by atoms with van der Waals surface area (Å²) >= 11 is 1.28. The molecule has 136 heavy (non-hydrogen) atoms. The van der Waals surface area contributed by atoms with Crippen LogP contribution in [0.1, 0.15) is 472 Å². The van der Waals surface area contributed by atoms with Crippen LogP contribution in [0, 0.1) is 0 Å². The van der Waals surface area contributed by atoms with E-state index in [1.165, 1.54) is 308 Å². The number of imide groups is 2. The van der Waals surface area contributed by atoms with Crippen molar-refractivity contribution < 1.29 is 113 Å². The Hall–Kier alpha value is -5.65. The molecule has 0 aliphatic carbocycles. The number of likely N-dealkylation sites (tertiary alicyclic amines) is 1. The number of ether oxygens (including phenoxy) is 4. The fourth-order valence-electron chi connectivity index (χ4n) is 16.1. The lowest BCUT2D eigenvalue weighted by molar-refractivity contribution is -0.229. The smallest absolute Gasteiger partial charge is 0.306 e. The van der Waals surface area contributed by atoms with Gasteiger partial charge in [-0.25, -0.2) is 0 Å². The highest BCUT2D eigenvalue weighted by Gasteiger charge is 2.38. The van der Waals surface area contributed by atoms with E-state index in [2.05, 4.69) is 49.0 Å². The fourth-order valence-corrected chi connectivity index (χ4v) is 18.2. The molecule has 1 saturated heterocycles. The van der Waals surface area contributed by atoms with Crippen molar-refractivity contribution in [2.75, 3.05) is 72.1 Å². The molecule has 0 aromatic heterocycles. The Morgan fingerprint density at radius 3 is 0.846 bits per heavy atom. The largest absolute Gasteiger partial charge is 0.756 e. The molecule has 1 fully saturated rings. The summed E-state index contributed by atoms with van der Waals surface area (Å²) in [6.07, 6.45) is 74.2. The van der Waals surface area contributed by atoms with Crippen molar-refractivity contribution in [2.24, 2.45) is 0 Å². The summed E-state index contributed by atoms with van der Waals surface area (Å²) in [5.74, 6) is -6.06. The quantitative estimate of drug-likeness (QED) is 0.0144. The maximum Gasteiger partial charge on any atom is 0.306 e. The number of amides is 8. The summed E-state index contributed by atoms with van der Waals surface area (Å²) in [5.41, 5.74) is 0. The Morgan fingerprint density at radius 2 is 0.596 bits per heavy atom. The topological polar surface area (TPSA) is 414 Å². The van der Waals surface area contributed by atoms with E-state index in [1.807, 2.05) is 0 Å². The third kappa shape index (κ3) is 76.1. The molecule has 0 radical (unpaired) electrons. The van der Waals surface area contributed by atoms with Gasteiger partial charge in [0.05, 0.1) is 31.7 Å². The predicted molar refractivity (Wildman–Crippen MR) is 534 cm³/mol. The minimum absolute atomic E-state index is 0.0898. The van der Waals surface area contributed by atoms with Gasteiger partial charge in [0.2, 0.25) is 35.4 Å². The van der Waals surface area contributed by atoms with Crippen molar-refractivity contribution in [1.82, 2.24) is 31.1 Å². The predicted octanol–water partition coefficient (Wildman–Crippen LogP) is 21.4. The van der Waals surface area contributed by atoms with E-state index in [0.717, 1.165) is 99.0 Å². The number of unbranched alkanes of at least 4 members (excludes halogenated alkanes) is 56. The summed E-state index contributed by atoms with van der Waals surface area (Å²) < 4.78 is 67.0. The molecule has 2 aliphatic heterocycles. The lowest BCUT2D eigenvalue weighted by Crippen LogP contribution is -2.46. The zero-order chi connectivity index (χ0) is 100. The number of thioether (sulfide) groups is 1. The first kappa shape index (κ1) is 128. The summed E-state index contributed by atoms with van der Waals surface area (Å²) in [7, 11) is -9.89. The Labute approximate surface area is 824 Å². The van der Waals surface area contributed by atoms with E-state index in [9.17, 15) is 76.5 Å². The van der Waals surface area contributed by atoms with Gasteiger partial charge in [-0.05, 0) is 45.8 Å². The van der Waals surface area contributed by atoms with Crippen LogP contribution in [-0.4, -0.2) is 183 Å². The number of carbonyl (C=O) groups excluding carboxylic acids is 12. The molecular formula is C103H186N6O24P2S-2. The number of rotatable bonds is 95. The van der Waals surface area contributed by atoms with Gasteiger partial charge >= 0.3 is 23.9 Å². The second-order valence-electron chi connectivity index (χ2n) is 37.2. The molecule has 2 rings (SSSR count). The molecule has 5 unspecified atom stereocenters. The van der Waals surface area contributed by atoms with Crippen LogP contribution in [0.15, 0.2) is 12.2 Å². The molecule has 0 spiro atoms. The van der Waals surface area contributed by atoms with Gasteiger partial charge in [-0.15, -0.1) is 0 Å². The number of nitrogens with zero attached hydrogens (tertiary/aromatic N) is 2. The first-order valence-electron chi connectivity index (χ1n) is 53.7. The molecule has 4 N–H and O–H groups in total. The fraction of sp³-hybridized carbons (Fsp3) is 0.864. The van der Waals surface area contributed by atoms with E-state index in [4.69, 9.17) is 37.0 Å². The maximum atomic E-state index is 12.8. The summed E-state index contributed by atoms with van der Waals surface area (Å²) in [6.45, 7) is 8.13. The van der Waals surface area contributed by atoms with Crippen molar-refractivity contribution in [3.8, 4) is 0 Å². The number of phosphoric acid groups is 2. The molecule has 7 atom stereocenters. The molecule has 0 aromatic carbocycles. The molecule has 790 valence electrons. The van der Waals surface area contributed by atoms with E-state index >= 15 is 0 Å². The van der Waals surface area contributed by atoms with Crippen molar-refractivity contribution in [2.45, 2.75) is 501 Å². The molecule has 8 amide bonds. The minimum Gasteiger partial charge on any atom is -0.756 e. The van der Waals surface area contributed by atoms with Crippen LogP contribution >= 0.6 is 27.4 Å². The zero-order valence-corrected chi connectivity index (χ0v) is 88.1. The first-order valence-corrected chi connectivity index (χ1v) is 57.9. The van der Waals surface area contributed by atoms with E-state index in [-0.39, 0.29) is 96.2 Å². The third-order valence-electron chi connectivity index (χ3n) is 24.6. The third-order valence-corrected chi connectivity index (χ3v) is 27.5. The summed E-state index contributed by atoms with van der Waals surface area (Å²) in [5, 5.41) is 9.40. The number of nitrogens with one attached hydrogen (secondary N) is 4. The van der Waals surface area contributed by atoms with Crippen LogP contribution in [0.2, 0.25) is 0 Å². The van der Waals surface area contributed by atoms with Crippen molar-refractivity contribution in [3.63, 3.8) is 0 Å². The standard InChI is InChI=1S/C52H96N3O12PS.C51H92N3O12P/c1-5-7-9-11-13-15-17-19-21-23-25-27-29-31-33-35-49(58)64-42-45(67-50(59)36-34-32-30-28-26-24-22-20-18-16-14-12-10-8-6-2)43-66-68(62,63)65-40-38-53-51(60)44(3)54-47(56)37-39-55-48(57)41-46(69-4)52(55)61;1-4-6-8-10-12-14-16-18-20-22-24-26-28-30-32-34-49(58)63-42-45(66-50(59)35-33-31-29-27-25-23-21-19-17-15-13-11-9-7-5-2)43-65-67(61,62)64-41-39-52-51(60)44(3)53-46(55)38-40-54-47(56)36-37-48(54)57/h44-46H,5-43H2,1-4H3,(H,53,60)(H,54,56)(H,62,63);36-37,44-45H,4-35,38-43H2,1-3H3,(H,52,60)(H,53,55)(H,61,62)/p-2/t44?,45-,46?;44?,45-/m11/s1. The zero-order valence-electron chi connectivity index (χ0n) is 85.5. The first-order chi connectivity index (χ1) is 65.7.